The van der Waals surface area contributed by atoms with E-state index in [1.165, 1.54) is 21.0 Å². The molecule has 0 aliphatic rings. The summed E-state index contributed by atoms with van der Waals surface area (Å²) in [6.45, 7) is 2.95. The molecule has 7 nitrogen and oxygen atoms in total. The van der Waals surface area contributed by atoms with E-state index < -0.39 is 22.0 Å². The van der Waals surface area contributed by atoms with Crippen LogP contribution in [0.5, 0.6) is 0 Å². The monoisotopic (exact) mass is 324 g/mol. The normalized spacial score (nSPS) is 12.9. The SMILES string of the molecule is COC(C(=O)NS(=O)(=O)c1c(C)noc1C)c1ccccc1. The highest BCUT2D eigenvalue weighted by molar-refractivity contribution is 7.90. The maximum Gasteiger partial charge on any atom is 0.269 e. The number of ether oxygens (including phenoxy) is 1. The van der Waals surface area contributed by atoms with Crippen LogP contribution in [-0.4, -0.2) is 26.6 Å². The second-order valence-corrected chi connectivity index (χ2v) is 6.27. The van der Waals surface area contributed by atoms with Gasteiger partial charge in [0.1, 0.15) is 5.69 Å². The summed E-state index contributed by atoms with van der Waals surface area (Å²) in [5.74, 6) is -0.667. The molecular formula is C14H16N2O5S. The van der Waals surface area contributed by atoms with Crippen LogP contribution < -0.4 is 4.72 Å². The van der Waals surface area contributed by atoms with Crippen molar-refractivity contribution in [3.05, 3.63) is 47.3 Å². The van der Waals surface area contributed by atoms with Crippen molar-refractivity contribution in [1.29, 1.82) is 0 Å². The molecular weight excluding hydrogens is 308 g/mol. The van der Waals surface area contributed by atoms with Crippen LogP contribution in [0, 0.1) is 13.8 Å². The van der Waals surface area contributed by atoms with E-state index in [1.54, 1.807) is 30.3 Å². The number of benzene rings is 1. The number of nitrogens with zero attached hydrogens (tertiary/aromatic N) is 1. The first-order chi connectivity index (χ1) is 10.4. The lowest BCUT2D eigenvalue weighted by molar-refractivity contribution is -0.129. The van der Waals surface area contributed by atoms with E-state index in [0.717, 1.165) is 0 Å². The Morgan fingerprint density at radius 1 is 1.27 bits per heavy atom. The van der Waals surface area contributed by atoms with Gasteiger partial charge in [-0.1, -0.05) is 35.5 Å². The molecule has 0 bridgehead atoms. The number of methoxy groups -OCH3 is 1. The van der Waals surface area contributed by atoms with Crippen LogP contribution in [0.3, 0.4) is 0 Å². The van der Waals surface area contributed by atoms with Crippen molar-refractivity contribution < 1.29 is 22.5 Å². The lowest BCUT2D eigenvalue weighted by atomic mass is 10.1. The van der Waals surface area contributed by atoms with Gasteiger partial charge in [0, 0.05) is 7.11 Å². The molecule has 1 N–H and O–H groups in total. The minimum atomic E-state index is -4.08. The average Bonchev–Trinajstić information content (AvgIpc) is 2.80. The quantitative estimate of drug-likeness (QED) is 0.894. The Kier molecular flexibility index (Phi) is 4.62. The van der Waals surface area contributed by atoms with Crippen molar-refractivity contribution in [2.24, 2.45) is 0 Å². The molecule has 1 unspecified atom stereocenters. The van der Waals surface area contributed by atoms with E-state index in [-0.39, 0.29) is 16.3 Å². The first-order valence-electron chi connectivity index (χ1n) is 6.44. The van der Waals surface area contributed by atoms with Crippen LogP contribution in [0.15, 0.2) is 39.8 Å². The van der Waals surface area contributed by atoms with Gasteiger partial charge in [0.25, 0.3) is 15.9 Å². The third kappa shape index (κ3) is 3.18. The standard InChI is InChI=1S/C14H16N2O5S/c1-9-13(10(2)21-15-9)22(18,19)16-14(17)12(20-3)11-7-5-4-6-8-11/h4-8,12H,1-3H3,(H,16,17). The number of sulfonamides is 1. The first-order valence-corrected chi connectivity index (χ1v) is 7.92. The number of aryl methyl sites for hydroxylation is 2. The average molecular weight is 324 g/mol. The molecule has 0 spiro atoms. The molecule has 0 saturated heterocycles. The van der Waals surface area contributed by atoms with Crippen LogP contribution in [0.2, 0.25) is 0 Å². The van der Waals surface area contributed by atoms with E-state index >= 15 is 0 Å². The minimum absolute atomic E-state index is 0.117. The van der Waals surface area contributed by atoms with Gasteiger partial charge in [-0.05, 0) is 19.4 Å². The number of hydrogen-bond acceptors (Lipinski definition) is 6. The van der Waals surface area contributed by atoms with Crippen LogP contribution in [0.25, 0.3) is 0 Å². The highest BCUT2D eigenvalue weighted by Gasteiger charge is 2.30. The molecule has 118 valence electrons. The molecule has 0 saturated carbocycles. The Morgan fingerprint density at radius 2 is 1.91 bits per heavy atom. The third-order valence-electron chi connectivity index (χ3n) is 3.05. The summed E-state index contributed by atoms with van der Waals surface area (Å²) < 4.78 is 36.5. The van der Waals surface area contributed by atoms with E-state index in [1.807, 2.05) is 4.72 Å². The maximum absolute atomic E-state index is 12.3. The van der Waals surface area contributed by atoms with Gasteiger partial charge in [-0.25, -0.2) is 13.1 Å². The minimum Gasteiger partial charge on any atom is -0.367 e. The Morgan fingerprint density at radius 3 is 2.41 bits per heavy atom. The molecule has 0 aliphatic heterocycles. The molecule has 1 atom stereocenters. The topological polar surface area (TPSA) is 98.5 Å². The smallest absolute Gasteiger partial charge is 0.269 e. The highest BCUT2D eigenvalue weighted by Crippen LogP contribution is 2.21. The van der Waals surface area contributed by atoms with Gasteiger partial charge in [-0.2, -0.15) is 0 Å². The van der Waals surface area contributed by atoms with Gasteiger partial charge in [0.2, 0.25) is 0 Å². The summed E-state index contributed by atoms with van der Waals surface area (Å²) in [6.07, 6.45) is -1.03. The largest absolute Gasteiger partial charge is 0.367 e. The number of amides is 1. The second-order valence-electron chi connectivity index (χ2n) is 4.65. The number of carbonyl (C=O) groups is 1. The predicted molar refractivity (Wildman–Crippen MR) is 77.5 cm³/mol. The number of hydrogen-bond donors (Lipinski definition) is 1. The molecule has 2 aromatic rings. The molecule has 0 radical (unpaired) electrons. The first kappa shape index (κ1) is 16.2. The molecule has 2 rings (SSSR count). The summed E-state index contributed by atoms with van der Waals surface area (Å²) in [5.41, 5.74) is 0.739. The van der Waals surface area contributed by atoms with Crippen molar-refractivity contribution in [1.82, 2.24) is 9.88 Å². The number of rotatable bonds is 5. The number of carbonyl (C=O) groups excluding carboxylic acids is 1. The Hall–Kier alpha value is -2.19. The van der Waals surface area contributed by atoms with E-state index in [4.69, 9.17) is 9.26 Å². The van der Waals surface area contributed by atoms with E-state index in [9.17, 15) is 13.2 Å². The van der Waals surface area contributed by atoms with Crippen LogP contribution >= 0.6 is 0 Å². The third-order valence-corrected chi connectivity index (χ3v) is 4.64. The van der Waals surface area contributed by atoms with Gasteiger partial charge < -0.3 is 9.26 Å². The van der Waals surface area contributed by atoms with Crippen LogP contribution in [0.1, 0.15) is 23.1 Å². The Labute approximate surface area is 128 Å². The van der Waals surface area contributed by atoms with Crippen molar-refractivity contribution in [3.8, 4) is 0 Å². The zero-order valence-electron chi connectivity index (χ0n) is 12.4. The predicted octanol–water partition coefficient (Wildman–Crippen LogP) is 1.48. The van der Waals surface area contributed by atoms with Crippen LogP contribution in [0.4, 0.5) is 0 Å². The van der Waals surface area contributed by atoms with E-state index in [0.29, 0.717) is 5.56 Å². The molecule has 1 aromatic carbocycles. The summed E-state index contributed by atoms with van der Waals surface area (Å²) >= 11 is 0. The van der Waals surface area contributed by atoms with Crippen molar-refractivity contribution in [2.75, 3.05) is 7.11 Å². The number of aromatic nitrogens is 1. The molecule has 1 amide bonds. The lowest BCUT2D eigenvalue weighted by Crippen LogP contribution is -2.35. The van der Waals surface area contributed by atoms with Crippen molar-refractivity contribution in [2.45, 2.75) is 24.8 Å². The molecule has 1 heterocycles. The van der Waals surface area contributed by atoms with Gasteiger partial charge in [0.15, 0.2) is 16.8 Å². The molecule has 0 aliphatic carbocycles. The fourth-order valence-electron chi connectivity index (χ4n) is 2.12. The molecule has 1 aromatic heterocycles. The summed E-state index contributed by atoms with van der Waals surface area (Å²) in [6, 6.07) is 8.61. The van der Waals surface area contributed by atoms with Gasteiger partial charge >= 0.3 is 0 Å². The highest BCUT2D eigenvalue weighted by atomic mass is 32.2. The Bertz CT molecular complexity index is 748. The van der Waals surface area contributed by atoms with Crippen molar-refractivity contribution in [3.63, 3.8) is 0 Å². The lowest BCUT2D eigenvalue weighted by Gasteiger charge is -2.15. The fraction of sp³-hybridized carbons (Fsp3) is 0.286. The summed E-state index contributed by atoms with van der Waals surface area (Å²) in [5, 5.41) is 3.58. The molecule has 0 fully saturated rings. The summed E-state index contributed by atoms with van der Waals surface area (Å²) in [7, 11) is -2.74. The maximum atomic E-state index is 12.3. The van der Waals surface area contributed by atoms with Crippen LogP contribution in [-0.2, 0) is 19.6 Å². The van der Waals surface area contributed by atoms with Gasteiger partial charge in [-0.15, -0.1) is 0 Å². The van der Waals surface area contributed by atoms with Crippen molar-refractivity contribution >= 4 is 15.9 Å². The zero-order valence-corrected chi connectivity index (χ0v) is 13.2. The number of nitrogens with one attached hydrogen (secondary N) is 1. The van der Waals surface area contributed by atoms with E-state index in [2.05, 4.69) is 5.16 Å². The second kappa shape index (κ2) is 6.29. The van der Waals surface area contributed by atoms with Gasteiger partial charge in [0.05, 0.1) is 0 Å². The molecule has 22 heavy (non-hydrogen) atoms. The zero-order chi connectivity index (χ0) is 16.3. The summed E-state index contributed by atoms with van der Waals surface area (Å²) in [4.78, 5) is 12.1. The molecule has 8 heteroatoms. The van der Waals surface area contributed by atoms with Gasteiger partial charge in [-0.3, -0.25) is 4.79 Å². The fourth-order valence-corrected chi connectivity index (χ4v) is 3.43. The Balaban J connectivity index is 2.27.